The van der Waals surface area contributed by atoms with Crippen LogP contribution in [-0.4, -0.2) is 40.8 Å². The van der Waals surface area contributed by atoms with Gasteiger partial charge in [-0.2, -0.15) is 0 Å². The smallest absolute Gasteiger partial charge is 0.491 e. The van der Waals surface area contributed by atoms with Crippen molar-refractivity contribution in [3.05, 3.63) is 23.9 Å². The van der Waals surface area contributed by atoms with Gasteiger partial charge in [0.25, 0.3) is 0 Å². The van der Waals surface area contributed by atoms with E-state index in [0.717, 1.165) is 0 Å². The molecule has 0 unspecified atom stereocenters. The van der Waals surface area contributed by atoms with Crippen LogP contribution in [0.25, 0.3) is 10.9 Å². The topological polar surface area (TPSA) is 91.8 Å². The van der Waals surface area contributed by atoms with Crippen LogP contribution in [0.4, 0.5) is 0 Å². The molecule has 6 nitrogen and oxygen atoms in total. The van der Waals surface area contributed by atoms with Gasteiger partial charge >= 0.3 is 13.1 Å². The molecule has 1 aromatic heterocycles. The summed E-state index contributed by atoms with van der Waals surface area (Å²) < 4.78 is 10.4. The first-order valence-electron chi connectivity index (χ1n) is 6.52. The number of carbonyl (C=O) groups excluding carboxylic acids is 1. The molecule has 1 heterocycles. The van der Waals surface area contributed by atoms with E-state index in [0.29, 0.717) is 16.7 Å². The van der Waals surface area contributed by atoms with Crippen LogP contribution in [0, 0.1) is 0 Å². The molecule has 21 heavy (non-hydrogen) atoms. The van der Waals surface area contributed by atoms with Crippen molar-refractivity contribution in [3.8, 4) is 5.75 Å². The zero-order chi connectivity index (χ0) is 15.8. The highest BCUT2D eigenvalue weighted by Crippen LogP contribution is 2.21. The summed E-state index contributed by atoms with van der Waals surface area (Å²) in [6.07, 6.45) is 0. The average Bonchev–Trinajstić information content (AvgIpc) is 2.74. The zero-order valence-electron chi connectivity index (χ0n) is 12.4. The zero-order valence-corrected chi connectivity index (χ0v) is 12.4. The van der Waals surface area contributed by atoms with E-state index in [1.54, 1.807) is 39.0 Å². The summed E-state index contributed by atoms with van der Waals surface area (Å²) in [5, 5.41) is 19.7. The molecule has 0 fully saturated rings. The van der Waals surface area contributed by atoms with Crippen molar-refractivity contribution in [2.45, 2.75) is 26.4 Å². The number of aromatic nitrogens is 1. The molecule has 0 aliphatic carbocycles. The predicted molar refractivity (Wildman–Crippen MR) is 79.8 cm³/mol. The van der Waals surface area contributed by atoms with E-state index in [1.165, 1.54) is 7.11 Å². The molecule has 3 N–H and O–H groups in total. The first-order chi connectivity index (χ1) is 9.73. The number of nitrogens with one attached hydrogen (secondary N) is 1. The van der Waals surface area contributed by atoms with Gasteiger partial charge in [0, 0.05) is 16.4 Å². The van der Waals surface area contributed by atoms with Gasteiger partial charge in [-0.1, -0.05) is 0 Å². The third-order valence-corrected chi connectivity index (χ3v) is 2.91. The molecule has 2 aromatic rings. The monoisotopic (exact) mass is 291 g/mol. The third-order valence-electron chi connectivity index (χ3n) is 2.91. The highest BCUT2D eigenvalue weighted by Gasteiger charge is 2.29. The Hall–Kier alpha value is -1.99. The minimum atomic E-state index is -1.80. The van der Waals surface area contributed by atoms with E-state index in [9.17, 15) is 14.8 Å². The van der Waals surface area contributed by atoms with Crippen molar-refractivity contribution in [3.63, 3.8) is 0 Å². The molecule has 7 heteroatoms. The number of rotatable bonds is 3. The lowest BCUT2D eigenvalue weighted by Crippen LogP contribution is -2.36. The molecule has 0 aliphatic rings. The van der Waals surface area contributed by atoms with Crippen LogP contribution in [0.2, 0.25) is 0 Å². The van der Waals surface area contributed by atoms with Crippen molar-refractivity contribution in [2.24, 2.45) is 0 Å². The molecule has 1 aromatic carbocycles. The third kappa shape index (κ3) is 3.20. The number of esters is 1. The first-order valence-corrected chi connectivity index (χ1v) is 6.52. The lowest BCUT2D eigenvalue weighted by molar-refractivity contribution is 0.00649. The number of benzene rings is 1. The molecule has 0 spiro atoms. The highest BCUT2D eigenvalue weighted by molar-refractivity contribution is 6.63. The lowest BCUT2D eigenvalue weighted by atomic mass is 9.78. The van der Waals surface area contributed by atoms with Crippen LogP contribution in [0.5, 0.6) is 5.75 Å². The van der Waals surface area contributed by atoms with Crippen LogP contribution in [-0.2, 0) is 4.74 Å². The van der Waals surface area contributed by atoms with Gasteiger partial charge in [-0.25, -0.2) is 4.79 Å². The Morgan fingerprint density at radius 3 is 2.48 bits per heavy atom. The number of H-pyrrole nitrogens is 1. The normalized spacial score (nSPS) is 11.5. The van der Waals surface area contributed by atoms with E-state index in [-0.39, 0.29) is 11.2 Å². The molecule has 0 saturated heterocycles. The second-order valence-corrected chi connectivity index (χ2v) is 5.70. The van der Waals surface area contributed by atoms with Crippen molar-refractivity contribution in [2.75, 3.05) is 7.11 Å². The molecule has 112 valence electrons. The number of hydrogen-bond donors (Lipinski definition) is 3. The second kappa shape index (κ2) is 5.42. The predicted octanol–water partition coefficient (Wildman–Crippen LogP) is 0.812. The number of ether oxygens (including phenoxy) is 2. The van der Waals surface area contributed by atoms with Gasteiger partial charge in [-0.05, 0) is 39.0 Å². The first kappa shape index (κ1) is 15.4. The van der Waals surface area contributed by atoms with Crippen molar-refractivity contribution < 1.29 is 24.3 Å². The van der Waals surface area contributed by atoms with Gasteiger partial charge in [0.1, 0.15) is 17.0 Å². The van der Waals surface area contributed by atoms with Gasteiger partial charge in [-0.3, -0.25) is 0 Å². The molecule has 0 amide bonds. The van der Waals surface area contributed by atoms with Crippen molar-refractivity contribution in [1.29, 1.82) is 0 Å². The molecule has 2 rings (SSSR count). The maximum atomic E-state index is 12.2. The van der Waals surface area contributed by atoms with E-state index in [1.807, 2.05) is 0 Å². The summed E-state index contributed by atoms with van der Waals surface area (Å²) in [5.41, 5.74) is 0.0325. The van der Waals surface area contributed by atoms with Gasteiger partial charge in [-0.15, -0.1) is 0 Å². The van der Waals surface area contributed by atoms with E-state index in [4.69, 9.17) is 9.47 Å². The van der Waals surface area contributed by atoms with Gasteiger partial charge in [0.2, 0.25) is 0 Å². The summed E-state index contributed by atoms with van der Waals surface area (Å²) in [6, 6.07) is 5.05. The van der Waals surface area contributed by atoms with Gasteiger partial charge in [0.05, 0.1) is 7.11 Å². The van der Waals surface area contributed by atoms with E-state index in [2.05, 4.69) is 4.98 Å². The summed E-state index contributed by atoms with van der Waals surface area (Å²) in [6.45, 7) is 5.23. The summed E-state index contributed by atoms with van der Waals surface area (Å²) in [4.78, 5) is 15.1. The van der Waals surface area contributed by atoms with Crippen LogP contribution < -0.4 is 10.2 Å². The highest BCUT2D eigenvalue weighted by atomic mass is 16.6. The Morgan fingerprint density at radius 1 is 1.29 bits per heavy atom. The number of hydrogen-bond acceptors (Lipinski definition) is 5. The Bertz CT molecular complexity index is 672. The van der Waals surface area contributed by atoms with Crippen LogP contribution in [0.1, 0.15) is 31.3 Å². The van der Waals surface area contributed by atoms with Gasteiger partial charge < -0.3 is 24.5 Å². The molecule has 0 atom stereocenters. The number of aromatic amines is 1. The Morgan fingerprint density at radius 2 is 1.95 bits per heavy atom. The molecule has 0 bridgehead atoms. The fraction of sp³-hybridized carbons (Fsp3) is 0.357. The molecule has 0 saturated carbocycles. The Kier molecular flexibility index (Phi) is 3.98. The van der Waals surface area contributed by atoms with Gasteiger partial charge in [0.15, 0.2) is 0 Å². The fourth-order valence-electron chi connectivity index (χ4n) is 2.08. The summed E-state index contributed by atoms with van der Waals surface area (Å²) >= 11 is 0. The van der Waals surface area contributed by atoms with E-state index >= 15 is 0 Å². The summed E-state index contributed by atoms with van der Waals surface area (Å²) in [5.74, 6) is -0.0834. The molecule has 0 radical (unpaired) electrons. The average molecular weight is 291 g/mol. The minimum Gasteiger partial charge on any atom is -0.497 e. The van der Waals surface area contributed by atoms with Crippen LogP contribution in [0.3, 0.4) is 0 Å². The number of methoxy groups -OCH3 is 1. The number of carbonyl (C=O) groups is 1. The standard InChI is InChI=1S/C14H18BNO5/c1-14(2,3)21-13(17)12-11(15(18)19)9-7-8(20-4)5-6-10(9)16-12/h5-7,16,18-19H,1-4H3. The Labute approximate surface area is 122 Å². The summed E-state index contributed by atoms with van der Waals surface area (Å²) in [7, 11) is -0.286. The molecule has 0 aliphatic heterocycles. The maximum Gasteiger partial charge on any atom is 0.491 e. The van der Waals surface area contributed by atoms with Crippen molar-refractivity contribution in [1.82, 2.24) is 4.98 Å². The van der Waals surface area contributed by atoms with Crippen LogP contribution in [0.15, 0.2) is 18.2 Å². The second-order valence-electron chi connectivity index (χ2n) is 5.70. The quantitative estimate of drug-likeness (QED) is 0.575. The lowest BCUT2D eigenvalue weighted by Gasteiger charge is -2.19. The Balaban J connectivity index is 2.58. The van der Waals surface area contributed by atoms with Crippen molar-refractivity contribution >= 4 is 29.5 Å². The maximum absolute atomic E-state index is 12.2. The minimum absolute atomic E-state index is 0.0307. The van der Waals surface area contributed by atoms with E-state index < -0.39 is 18.7 Å². The fourth-order valence-corrected chi connectivity index (χ4v) is 2.08. The SMILES string of the molecule is COc1ccc2[nH]c(C(=O)OC(C)(C)C)c(B(O)O)c2c1. The van der Waals surface area contributed by atoms with Crippen LogP contribution >= 0.6 is 0 Å². The molecular weight excluding hydrogens is 273 g/mol. The number of fused-ring (bicyclic) bond motifs is 1. The largest absolute Gasteiger partial charge is 0.497 e. The molecular formula is C14H18BNO5.